The maximum absolute atomic E-state index is 12.3. The molecule has 0 spiro atoms. The first kappa shape index (κ1) is 14.1. The number of pyridine rings is 1. The van der Waals surface area contributed by atoms with E-state index in [1.54, 1.807) is 30.8 Å². The van der Waals surface area contributed by atoms with Crippen LogP contribution in [0.4, 0.5) is 0 Å². The Balaban J connectivity index is 2.21. The quantitative estimate of drug-likeness (QED) is 0.873. The van der Waals surface area contributed by atoms with Gasteiger partial charge in [0.15, 0.2) is 0 Å². The molecule has 0 atom stereocenters. The van der Waals surface area contributed by atoms with Crippen LogP contribution in [0.25, 0.3) is 0 Å². The number of hydrogen-bond donors (Lipinski definition) is 2. The lowest BCUT2D eigenvalue weighted by molar-refractivity contribution is 0.580. The largest absolute Gasteiger partial charge is 0.326 e. The van der Waals surface area contributed by atoms with Crippen molar-refractivity contribution >= 4 is 21.4 Å². The number of thiophene rings is 1. The summed E-state index contributed by atoms with van der Waals surface area (Å²) in [6.07, 6.45) is 3.28. The predicted octanol–water partition coefficient (Wildman–Crippen LogP) is 1.39. The van der Waals surface area contributed by atoms with E-state index in [1.807, 2.05) is 6.07 Å². The minimum atomic E-state index is -3.54. The Morgan fingerprint density at radius 1 is 1.47 bits per heavy atom. The first-order valence-electron chi connectivity index (χ1n) is 5.70. The number of aryl methyl sites for hydroxylation is 1. The van der Waals surface area contributed by atoms with Gasteiger partial charge in [-0.1, -0.05) is 6.07 Å². The summed E-state index contributed by atoms with van der Waals surface area (Å²) in [6.45, 7) is 2.21. The van der Waals surface area contributed by atoms with Gasteiger partial charge >= 0.3 is 0 Å². The number of nitrogens with zero attached hydrogens (tertiary/aromatic N) is 1. The fourth-order valence-corrected chi connectivity index (χ4v) is 4.46. The second-order valence-corrected chi connectivity index (χ2v) is 6.73. The van der Waals surface area contributed by atoms with Crippen LogP contribution in [0.2, 0.25) is 0 Å². The van der Waals surface area contributed by atoms with Crippen molar-refractivity contribution in [3.8, 4) is 0 Å². The Hall–Kier alpha value is -1.28. The maximum Gasteiger partial charge on any atom is 0.242 e. The molecule has 0 bridgehead atoms. The van der Waals surface area contributed by atoms with Crippen LogP contribution in [0.5, 0.6) is 0 Å². The molecule has 19 heavy (non-hydrogen) atoms. The van der Waals surface area contributed by atoms with Gasteiger partial charge in [0.05, 0.1) is 0 Å². The van der Waals surface area contributed by atoms with E-state index in [0.717, 1.165) is 11.1 Å². The van der Waals surface area contributed by atoms with Gasteiger partial charge in [-0.2, -0.15) is 0 Å². The highest BCUT2D eigenvalue weighted by atomic mass is 32.2. The molecule has 0 unspecified atom stereocenters. The first-order valence-corrected chi connectivity index (χ1v) is 8.06. The second kappa shape index (κ2) is 5.79. The minimum absolute atomic E-state index is 0.218. The van der Waals surface area contributed by atoms with Crippen LogP contribution >= 0.6 is 11.3 Å². The van der Waals surface area contributed by atoms with Crippen molar-refractivity contribution in [1.29, 1.82) is 0 Å². The van der Waals surface area contributed by atoms with Crippen LogP contribution in [-0.2, 0) is 23.1 Å². The molecule has 102 valence electrons. The summed E-state index contributed by atoms with van der Waals surface area (Å²) in [5.41, 5.74) is 7.12. The van der Waals surface area contributed by atoms with E-state index in [-0.39, 0.29) is 13.1 Å². The van der Waals surface area contributed by atoms with E-state index < -0.39 is 10.0 Å². The van der Waals surface area contributed by atoms with Gasteiger partial charge in [-0.25, -0.2) is 13.1 Å². The number of hydrogen-bond acceptors (Lipinski definition) is 5. The van der Waals surface area contributed by atoms with Crippen molar-refractivity contribution in [1.82, 2.24) is 9.71 Å². The molecule has 2 heterocycles. The molecule has 2 aromatic heterocycles. The van der Waals surface area contributed by atoms with Gasteiger partial charge in [0, 0.05) is 30.4 Å². The third-order valence-electron chi connectivity index (χ3n) is 2.63. The molecule has 2 aromatic rings. The van der Waals surface area contributed by atoms with Crippen LogP contribution in [0.1, 0.15) is 16.0 Å². The van der Waals surface area contributed by atoms with Gasteiger partial charge in [-0.3, -0.25) is 4.98 Å². The average Bonchev–Trinajstić information content (AvgIpc) is 2.80. The maximum atomic E-state index is 12.3. The lowest BCUT2D eigenvalue weighted by Gasteiger charge is -2.08. The monoisotopic (exact) mass is 297 g/mol. The molecule has 0 amide bonds. The number of nitrogens with two attached hydrogens (primary N) is 1. The van der Waals surface area contributed by atoms with E-state index in [1.165, 1.54) is 11.3 Å². The number of sulfonamides is 1. The molecule has 0 saturated carbocycles. The van der Waals surface area contributed by atoms with E-state index in [2.05, 4.69) is 9.71 Å². The summed E-state index contributed by atoms with van der Waals surface area (Å²) < 4.78 is 27.2. The summed E-state index contributed by atoms with van der Waals surface area (Å²) in [5, 5.41) is 1.81. The molecule has 0 saturated heterocycles. The minimum Gasteiger partial charge on any atom is -0.326 e. The highest BCUT2D eigenvalue weighted by Gasteiger charge is 2.21. The van der Waals surface area contributed by atoms with Crippen LogP contribution in [0.15, 0.2) is 34.8 Å². The van der Waals surface area contributed by atoms with Gasteiger partial charge in [0.1, 0.15) is 4.90 Å². The number of nitrogens with one attached hydrogen (secondary N) is 1. The van der Waals surface area contributed by atoms with Gasteiger partial charge in [-0.15, -0.1) is 11.3 Å². The van der Waals surface area contributed by atoms with Gasteiger partial charge in [0.2, 0.25) is 10.0 Å². The smallest absolute Gasteiger partial charge is 0.242 e. The van der Waals surface area contributed by atoms with E-state index in [0.29, 0.717) is 9.77 Å². The van der Waals surface area contributed by atoms with Crippen molar-refractivity contribution < 1.29 is 8.42 Å². The molecule has 5 nitrogen and oxygen atoms in total. The molecule has 0 radical (unpaired) electrons. The molecule has 0 aliphatic carbocycles. The van der Waals surface area contributed by atoms with Crippen molar-refractivity contribution in [3.05, 3.63) is 45.9 Å². The molecular formula is C12H15N3O2S2. The first-order chi connectivity index (χ1) is 9.04. The molecule has 2 rings (SSSR count). The summed E-state index contributed by atoms with van der Waals surface area (Å²) in [5.74, 6) is 0. The second-order valence-electron chi connectivity index (χ2n) is 4.06. The predicted molar refractivity (Wildman–Crippen MR) is 75.2 cm³/mol. The fourth-order valence-electron chi connectivity index (χ4n) is 1.74. The van der Waals surface area contributed by atoms with Gasteiger partial charge < -0.3 is 5.73 Å². The number of rotatable bonds is 5. The van der Waals surface area contributed by atoms with Crippen molar-refractivity contribution in [2.24, 2.45) is 5.73 Å². The van der Waals surface area contributed by atoms with Crippen molar-refractivity contribution in [2.75, 3.05) is 0 Å². The van der Waals surface area contributed by atoms with Crippen LogP contribution < -0.4 is 10.5 Å². The molecule has 0 aliphatic heterocycles. The summed E-state index contributed by atoms with van der Waals surface area (Å²) >= 11 is 1.37. The Labute approximate surface area is 116 Å². The van der Waals surface area contributed by atoms with E-state index in [4.69, 9.17) is 5.73 Å². The third kappa shape index (κ3) is 3.19. The van der Waals surface area contributed by atoms with Gasteiger partial charge in [0.25, 0.3) is 0 Å². The molecule has 0 aliphatic rings. The topological polar surface area (TPSA) is 85.1 Å². The lowest BCUT2D eigenvalue weighted by Crippen LogP contribution is -2.24. The molecule has 7 heteroatoms. The molecular weight excluding hydrogens is 282 g/mol. The van der Waals surface area contributed by atoms with E-state index in [9.17, 15) is 8.42 Å². The molecule has 3 N–H and O–H groups in total. The third-order valence-corrected chi connectivity index (χ3v) is 5.52. The standard InChI is InChI=1S/C12H15N3O2S2/c1-9-8-18-11(5-13)12(9)19(16,17)15-7-10-3-2-4-14-6-10/h2-4,6,8,15H,5,7,13H2,1H3. The SMILES string of the molecule is Cc1csc(CN)c1S(=O)(=O)NCc1cccnc1. The fraction of sp³-hybridized carbons (Fsp3) is 0.250. The lowest BCUT2D eigenvalue weighted by atomic mass is 10.3. The average molecular weight is 297 g/mol. The Morgan fingerprint density at radius 2 is 2.26 bits per heavy atom. The Morgan fingerprint density at radius 3 is 2.89 bits per heavy atom. The Bertz CT molecular complexity index is 651. The highest BCUT2D eigenvalue weighted by molar-refractivity contribution is 7.89. The zero-order chi connectivity index (χ0) is 13.9. The van der Waals surface area contributed by atoms with Gasteiger partial charge in [-0.05, 0) is 29.5 Å². The molecule has 0 fully saturated rings. The highest BCUT2D eigenvalue weighted by Crippen LogP contribution is 2.26. The summed E-state index contributed by atoms with van der Waals surface area (Å²) in [4.78, 5) is 4.93. The Kier molecular flexibility index (Phi) is 4.31. The van der Waals surface area contributed by atoms with Crippen LogP contribution in [-0.4, -0.2) is 13.4 Å². The zero-order valence-electron chi connectivity index (χ0n) is 10.5. The normalized spacial score (nSPS) is 11.7. The van der Waals surface area contributed by atoms with Crippen LogP contribution in [0, 0.1) is 6.92 Å². The molecule has 0 aromatic carbocycles. The van der Waals surface area contributed by atoms with Crippen molar-refractivity contribution in [2.45, 2.75) is 24.9 Å². The number of aromatic nitrogens is 1. The summed E-state index contributed by atoms with van der Waals surface area (Å²) in [6, 6.07) is 3.59. The van der Waals surface area contributed by atoms with Crippen LogP contribution in [0.3, 0.4) is 0 Å². The summed E-state index contributed by atoms with van der Waals surface area (Å²) in [7, 11) is -3.54. The van der Waals surface area contributed by atoms with E-state index >= 15 is 0 Å². The van der Waals surface area contributed by atoms with Crippen molar-refractivity contribution in [3.63, 3.8) is 0 Å². The zero-order valence-corrected chi connectivity index (χ0v) is 12.1.